The normalized spacial score (nSPS) is 12.4. The summed E-state index contributed by atoms with van der Waals surface area (Å²) in [4.78, 5) is 0. The Morgan fingerprint density at radius 2 is 1.88 bits per heavy atom. The maximum atomic E-state index is 3.30. The Hall–Kier alpha value is -0.0400. The van der Waals surface area contributed by atoms with Gasteiger partial charge in [-0.2, -0.15) is 0 Å². The van der Waals surface area contributed by atoms with Crippen LogP contribution in [0, 0.1) is 0 Å². The van der Waals surface area contributed by atoms with Crippen LogP contribution < -0.4 is 5.32 Å². The average molecular weight is 117 g/mol. The van der Waals surface area contributed by atoms with Gasteiger partial charge in [-0.3, -0.25) is 0 Å². The van der Waals surface area contributed by atoms with Crippen LogP contribution in [0.4, 0.5) is 0 Å². The SMILES string of the molecule is C.CCNC(C)CC. The van der Waals surface area contributed by atoms with Gasteiger partial charge in [-0.05, 0) is 19.9 Å². The fourth-order valence-electron chi connectivity index (χ4n) is 0.493. The molecule has 1 N–H and O–H groups in total. The number of rotatable bonds is 3. The van der Waals surface area contributed by atoms with Crippen molar-refractivity contribution in [1.82, 2.24) is 5.32 Å². The Balaban J connectivity index is 0. The van der Waals surface area contributed by atoms with Crippen molar-refractivity contribution in [2.75, 3.05) is 6.54 Å². The Morgan fingerprint density at radius 1 is 1.38 bits per heavy atom. The molecule has 8 heavy (non-hydrogen) atoms. The van der Waals surface area contributed by atoms with E-state index in [0.717, 1.165) is 6.54 Å². The lowest BCUT2D eigenvalue weighted by Crippen LogP contribution is -2.24. The highest BCUT2D eigenvalue weighted by Gasteiger charge is 1.90. The summed E-state index contributed by atoms with van der Waals surface area (Å²) in [6.07, 6.45) is 1.23. The van der Waals surface area contributed by atoms with Crippen molar-refractivity contribution < 1.29 is 0 Å². The molecule has 0 fully saturated rings. The monoisotopic (exact) mass is 117 g/mol. The Labute approximate surface area is 53.5 Å². The molecule has 1 atom stereocenters. The molecular weight excluding hydrogens is 98.1 g/mol. The van der Waals surface area contributed by atoms with Crippen LogP contribution in [0.25, 0.3) is 0 Å². The highest BCUT2D eigenvalue weighted by Crippen LogP contribution is 1.84. The van der Waals surface area contributed by atoms with Gasteiger partial charge in [-0.1, -0.05) is 21.3 Å². The zero-order chi connectivity index (χ0) is 5.70. The number of nitrogens with one attached hydrogen (secondary N) is 1. The second-order valence-electron chi connectivity index (χ2n) is 1.87. The minimum absolute atomic E-state index is 0. The standard InChI is InChI=1S/C6H15N.CH4/c1-4-6(3)7-5-2;/h6-7H,4-5H2,1-3H3;1H4. The van der Waals surface area contributed by atoms with Crippen LogP contribution in [0.5, 0.6) is 0 Å². The lowest BCUT2D eigenvalue weighted by molar-refractivity contribution is 0.553. The quantitative estimate of drug-likeness (QED) is 0.596. The number of hydrogen-bond acceptors (Lipinski definition) is 1. The molecule has 0 aromatic rings. The van der Waals surface area contributed by atoms with Crippen molar-refractivity contribution in [3.05, 3.63) is 0 Å². The molecule has 1 nitrogen and oxygen atoms in total. The lowest BCUT2D eigenvalue weighted by Gasteiger charge is -2.06. The zero-order valence-electron chi connectivity index (χ0n) is 5.49. The first-order valence-electron chi connectivity index (χ1n) is 3.04. The van der Waals surface area contributed by atoms with Crippen LogP contribution >= 0.6 is 0 Å². The van der Waals surface area contributed by atoms with Crippen LogP contribution in [-0.2, 0) is 0 Å². The van der Waals surface area contributed by atoms with Crippen LogP contribution in [0.1, 0.15) is 34.6 Å². The Morgan fingerprint density at radius 3 is 2.00 bits per heavy atom. The third-order valence-electron chi connectivity index (χ3n) is 1.16. The van der Waals surface area contributed by atoms with Gasteiger partial charge in [0.05, 0.1) is 0 Å². The molecule has 0 spiro atoms. The van der Waals surface area contributed by atoms with E-state index in [1.165, 1.54) is 6.42 Å². The van der Waals surface area contributed by atoms with Crippen LogP contribution in [0.2, 0.25) is 0 Å². The second-order valence-corrected chi connectivity index (χ2v) is 1.87. The van der Waals surface area contributed by atoms with E-state index in [2.05, 4.69) is 26.1 Å². The molecule has 1 unspecified atom stereocenters. The topological polar surface area (TPSA) is 12.0 Å². The average Bonchev–Trinajstić information content (AvgIpc) is 1.68. The molecule has 0 aromatic carbocycles. The third kappa shape index (κ3) is 5.96. The molecule has 1 heteroatoms. The van der Waals surface area contributed by atoms with Crippen molar-refractivity contribution in [2.45, 2.75) is 40.7 Å². The smallest absolute Gasteiger partial charge is 0.00359 e. The molecule has 0 bridgehead atoms. The van der Waals surface area contributed by atoms with Gasteiger partial charge < -0.3 is 5.32 Å². The molecule has 0 saturated heterocycles. The molecule has 0 saturated carbocycles. The largest absolute Gasteiger partial charge is 0.315 e. The second kappa shape index (κ2) is 6.96. The maximum absolute atomic E-state index is 3.30. The number of hydrogen-bond donors (Lipinski definition) is 1. The van der Waals surface area contributed by atoms with Gasteiger partial charge in [0.2, 0.25) is 0 Å². The molecule has 0 rings (SSSR count). The molecule has 0 amide bonds. The highest BCUT2D eigenvalue weighted by molar-refractivity contribution is 4.53. The van der Waals surface area contributed by atoms with E-state index in [9.17, 15) is 0 Å². The molecule has 0 aliphatic rings. The molecular formula is C7H19N. The first kappa shape index (κ1) is 10.9. The molecule has 0 aliphatic carbocycles. The van der Waals surface area contributed by atoms with E-state index < -0.39 is 0 Å². The summed E-state index contributed by atoms with van der Waals surface area (Å²) < 4.78 is 0. The van der Waals surface area contributed by atoms with Crippen molar-refractivity contribution in [3.8, 4) is 0 Å². The fraction of sp³-hybridized carbons (Fsp3) is 1.00. The first-order valence-corrected chi connectivity index (χ1v) is 3.04. The van der Waals surface area contributed by atoms with Crippen LogP contribution in [0.3, 0.4) is 0 Å². The summed E-state index contributed by atoms with van der Waals surface area (Å²) in [6, 6.07) is 0.699. The van der Waals surface area contributed by atoms with Crippen molar-refractivity contribution in [1.29, 1.82) is 0 Å². The van der Waals surface area contributed by atoms with E-state index >= 15 is 0 Å². The summed E-state index contributed by atoms with van der Waals surface area (Å²) >= 11 is 0. The van der Waals surface area contributed by atoms with E-state index in [-0.39, 0.29) is 7.43 Å². The van der Waals surface area contributed by atoms with E-state index in [1.807, 2.05) is 0 Å². The summed E-state index contributed by atoms with van der Waals surface area (Å²) in [7, 11) is 0. The van der Waals surface area contributed by atoms with Crippen molar-refractivity contribution in [2.24, 2.45) is 0 Å². The van der Waals surface area contributed by atoms with Crippen molar-refractivity contribution >= 4 is 0 Å². The van der Waals surface area contributed by atoms with E-state index in [4.69, 9.17) is 0 Å². The summed E-state index contributed by atoms with van der Waals surface area (Å²) in [5, 5.41) is 3.30. The molecule has 0 radical (unpaired) electrons. The van der Waals surface area contributed by atoms with Crippen LogP contribution in [-0.4, -0.2) is 12.6 Å². The zero-order valence-corrected chi connectivity index (χ0v) is 5.49. The Kier molecular flexibility index (Phi) is 9.44. The molecule has 52 valence electrons. The minimum atomic E-state index is 0. The van der Waals surface area contributed by atoms with Gasteiger partial charge in [-0.15, -0.1) is 0 Å². The minimum Gasteiger partial charge on any atom is -0.315 e. The highest BCUT2D eigenvalue weighted by atomic mass is 14.9. The molecule has 0 heterocycles. The molecule has 0 aromatic heterocycles. The summed E-state index contributed by atoms with van der Waals surface area (Å²) in [5.74, 6) is 0. The van der Waals surface area contributed by atoms with E-state index in [1.54, 1.807) is 0 Å². The predicted octanol–water partition coefficient (Wildman–Crippen LogP) is 2.03. The predicted molar refractivity (Wildman–Crippen MR) is 40.2 cm³/mol. The van der Waals surface area contributed by atoms with Gasteiger partial charge in [0, 0.05) is 6.04 Å². The third-order valence-corrected chi connectivity index (χ3v) is 1.16. The van der Waals surface area contributed by atoms with Gasteiger partial charge in [-0.25, -0.2) is 0 Å². The van der Waals surface area contributed by atoms with Gasteiger partial charge in [0.1, 0.15) is 0 Å². The van der Waals surface area contributed by atoms with E-state index in [0.29, 0.717) is 6.04 Å². The van der Waals surface area contributed by atoms with Crippen LogP contribution in [0.15, 0.2) is 0 Å². The molecule has 0 aliphatic heterocycles. The lowest BCUT2D eigenvalue weighted by atomic mass is 10.3. The summed E-state index contributed by atoms with van der Waals surface area (Å²) in [5.41, 5.74) is 0. The maximum Gasteiger partial charge on any atom is 0.00359 e. The first-order chi connectivity index (χ1) is 3.31. The fourth-order valence-corrected chi connectivity index (χ4v) is 0.493. The van der Waals surface area contributed by atoms with Crippen molar-refractivity contribution in [3.63, 3.8) is 0 Å². The van der Waals surface area contributed by atoms with Gasteiger partial charge >= 0.3 is 0 Å². The Bertz CT molecular complexity index is 35.4. The van der Waals surface area contributed by atoms with Gasteiger partial charge in [0.15, 0.2) is 0 Å². The summed E-state index contributed by atoms with van der Waals surface area (Å²) in [6.45, 7) is 7.61. The van der Waals surface area contributed by atoms with Gasteiger partial charge in [0.25, 0.3) is 0 Å².